The fourth-order valence-electron chi connectivity index (χ4n) is 3.92. The van der Waals surface area contributed by atoms with E-state index in [0.717, 1.165) is 4.90 Å². The number of ether oxygens (including phenoxy) is 1. The number of hydrogen-bond acceptors (Lipinski definition) is 7. The minimum atomic E-state index is -0.543. The minimum Gasteiger partial charge on any atom is -0.465 e. The average molecular weight is 598 g/mol. The van der Waals surface area contributed by atoms with Gasteiger partial charge in [0.05, 0.1) is 23.7 Å². The molecule has 0 bridgehead atoms. The monoisotopic (exact) mass is 597 g/mol. The molecule has 1 atom stereocenters. The molecule has 9 nitrogen and oxygen atoms in total. The average Bonchev–Trinajstić information content (AvgIpc) is 3.54. The molecule has 0 saturated carbocycles. The molecule has 43 heavy (non-hydrogen) atoms. The van der Waals surface area contributed by atoms with Gasteiger partial charge in [0.1, 0.15) is 11.5 Å². The summed E-state index contributed by atoms with van der Waals surface area (Å²) in [5, 5.41) is 7.95. The van der Waals surface area contributed by atoms with Crippen LogP contribution in [-0.4, -0.2) is 35.5 Å². The van der Waals surface area contributed by atoms with Crippen molar-refractivity contribution in [2.75, 3.05) is 17.2 Å². The molecule has 0 fully saturated rings. The first kappa shape index (κ1) is 30.9. The van der Waals surface area contributed by atoms with Crippen molar-refractivity contribution in [2.45, 2.75) is 30.4 Å². The van der Waals surface area contributed by atoms with Gasteiger partial charge in [0, 0.05) is 27.9 Å². The fourth-order valence-corrected chi connectivity index (χ4v) is 4.93. The lowest BCUT2D eigenvalue weighted by atomic mass is 10.2. The van der Waals surface area contributed by atoms with Gasteiger partial charge in [-0.3, -0.25) is 14.4 Å². The van der Waals surface area contributed by atoms with Crippen LogP contribution in [0.15, 0.2) is 112 Å². The molecule has 0 aliphatic rings. The van der Waals surface area contributed by atoms with Crippen molar-refractivity contribution in [3.05, 3.63) is 120 Å². The molecular formula is C33H31N3O6S. The van der Waals surface area contributed by atoms with E-state index in [9.17, 15) is 19.2 Å². The van der Waals surface area contributed by atoms with Crippen molar-refractivity contribution in [1.82, 2.24) is 5.32 Å². The van der Waals surface area contributed by atoms with Crippen molar-refractivity contribution in [2.24, 2.45) is 0 Å². The lowest BCUT2D eigenvalue weighted by molar-refractivity contribution is -0.116. The molecular weight excluding hydrogens is 566 g/mol. The van der Waals surface area contributed by atoms with Gasteiger partial charge < -0.3 is 25.1 Å². The quantitative estimate of drug-likeness (QED) is 0.0983. The van der Waals surface area contributed by atoms with Gasteiger partial charge in [-0.1, -0.05) is 31.2 Å². The van der Waals surface area contributed by atoms with Crippen molar-refractivity contribution >= 4 is 52.9 Å². The SMILES string of the molecule is CCOC(=O)c1ccc(NC(=O)C(CC)Sc2cccc(NC(=O)/C(=C/c3ccco3)NC(=O)c3ccccc3)c2)cc1. The molecule has 1 aromatic heterocycles. The molecule has 3 aromatic carbocycles. The molecule has 4 aromatic rings. The third-order valence-corrected chi connectivity index (χ3v) is 7.41. The van der Waals surface area contributed by atoms with Crippen LogP contribution in [0.4, 0.5) is 11.4 Å². The number of furan rings is 1. The molecule has 0 aliphatic heterocycles. The summed E-state index contributed by atoms with van der Waals surface area (Å²) < 4.78 is 10.3. The molecule has 4 rings (SSSR count). The summed E-state index contributed by atoms with van der Waals surface area (Å²) in [6.45, 7) is 3.93. The first-order valence-corrected chi connectivity index (χ1v) is 14.5. The van der Waals surface area contributed by atoms with E-state index in [-0.39, 0.29) is 18.2 Å². The Morgan fingerprint density at radius 1 is 0.837 bits per heavy atom. The van der Waals surface area contributed by atoms with Crippen molar-refractivity contribution in [3.8, 4) is 0 Å². The molecule has 220 valence electrons. The van der Waals surface area contributed by atoms with Crippen molar-refractivity contribution in [3.63, 3.8) is 0 Å². The van der Waals surface area contributed by atoms with Crippen LogP contribution in [0.3, 0.4) is 0 Å². The number of benzene rings is 3. The standard InChI is InChI=1S/C33H31N3O6S/c1-3-29(32(39)34-24-17-15-23(16-18-24)33(40)41-4-2)43-27-14-8-12-25(20-27)35-31(38)28(21-26-13-9-19-42-26)36-30(37)22-10-6-5-7-11-22/h5-21,29H,3-4H2,1-2H3,(H,34,39)(H,35,38)(H,36,37)/b28-21-. The number of rotatable bonds is 12. The number of nitrogens with one attached hydrogen (secondary N) is 3. The summed E-state index contributed by atoms with van der Waals surface area (Å²) in [7, 11) is 0. The Bertz CT molecular complexity index is 1580. The van der Waals surface area contributed by atoms with Crippen LogP contribution in [0.5, 0.6) is 0 Å². The van der Waals surface area contributed by atoms with Crippen LogP contribution in [0, 0.1) is 0 Å². The predicted octanol–water partition coefficient (Wildman–Crippen LogP) is 6.38. The Morgan fingerprint density at radius 2 is 1.60 bits per heavy atom. The molecule has 0 saturated heterocycles. The van der Waals surface area contributed by atoms with E-state index in [4.69, 9.17) is 9.15 Å². The molecule has 1 unspecified atom stereocenters. The first-order chi connectivity index (χ1) is 20.9. The molecule has 0 spiro atoms. The van der Waals surface area contributed by atoms with Crippen molar-refractivity contribution in [1.29, 1.82) is 0 Å². The number of esters is 1. The number of hydrogen-bond donors (Lipinski definition) is 3. The summed E-state index contributed by atoms with van der Waals surface area (Å²) in [5.74, 6) is -1.20. The van der Waals surface area contributed by atoms with Gasteiger partial charge in [-0.05, 0) is 80.1 Å². The highest BCUT2D eigenvalue weighted by molar-refractivity contribution is 8.00. The summed E-state index contributed by atoms with van der Waals surface area (Å²) in [4.78, 5) is 51.8. The van der Waals surface area contributed by atoms with E-state index in [1.807, 2.05) is 13.0 Å². The van der Waals surface area contributed by atoms with Crippen LogP contribution in [0.25, 0.3) is 6.08 Å². The minimum absolute atomic E-state index is 0.00152. The lowest BCUT2D eigenvalue weighted by Crippen LogP contribution is -2.30. The second-order valence-corrected chi connectivity index (χ2v) is 10.5. The zero-order valence-electron chi connectivity index (χ0n) is 23.7. The largest absolute Gasteiger partial charge is 0.465 e. The zero-order valence-corrected chi connectivity index (χ0v) is 24.5. The van der Waals surface area contributed by atoms with Crippen LogP contribution in [0.2, 0.25) is 0 Å². The molecule has 10 heteroatoms. The Hall–Kier alpha value is -5.09. The van der Waals surface area contributed by atoms with Gasteiger partial charge in [-0.15, -0.1) is 11.8 Å². The third kappa shape index (κ3) is 8.95. The highest BCUT2D eigenvalue weighted by atomic mass is 32.2. The number of carbonyl (C=O) groups is 4. The maximum atomic E-state index is 13.3. The first-order valence-electron chi connectivity index (χ1n) is 13.6. The summed E-state index contributed by atoms with van der Waals surface area (Å²) in [6, 6.07) is 25.5. The van der Waals surface area contributed by atoms with Gasteiger partial charge in [0.2, 0.25) is 5.91 Å². The summed E-state index contributed by atoms with van der Waals surface area (Å²) in [5.41, 5.74) is 1.85. The van der Waals surface area contributed by atoms with Crippen LogP contribution in [0.1, 0.15) is 46.7 Å². The second-order valence-electron chi connectivity index (χ2n) is 9.18. The summed E-state index contributed by atoms with van der Waals surface area (Å²) in [6.07, 6.45) is 3.47. The van der Waals surface area contributed by atoms with Crippen LogP contribution < -0.4 is 16.0 Å². The van der Waals surface area contributed by atoms with E-state index in [1.54, 1.807) is 91.9 Å². The maximum Gasteiger partial charge on any atom is 0.338 e. The molecule has 3 amide bonds. The van der Waals surface area contributed by atoms with Crippen LogP contribution in [-0.2, 0) is 14.3 Å². The fraction of sp³-hybridized carbons (Fsp3) is 0.152. The van der Waals surface area contributed by atoms with E-state index in [1.165, 1.54) is 24.1 Å². The van der Waals surface area contributed by atoms with Gasteiger partial charge in [-0.25, -0.2) is 4.79 Å². The molecule has 0 radical (unpaired) electrons. The Labute approximate surface area is 253 Å². The van der Waals surface area contributed by atoms with E-state index < -0.39 is 23.0 Å². The van der Waals surface area contributed by atoms with E-state index in [2.05, 4.69) is 16.0 Å². The molecule has 1 heterocycles. The Morgan fingerprint density at radius 3 is 2.28 bits per heavy atom. The van der Waals surface area contributed by atoms with Gasteiger partial charge >= 0.3 is 5.97 Å². The second kappa shape index (κ2) is 15.2. The van der Waals surface area contributed by atoms with E-state index >= 15 is 0 Å². The van der Waals surface area contributed by atoms with Gasteiger partial charge in [0.15, 0.2) is 0 Å². The highest BCUT2D eigenvalue weighted by Crippen LogP contribution is 2.29. The lowest BCUT2D eigenvalue weighted by Gasteiger charge is -2.16. The Kier molecular flexibility index (Phi) is 10.9. The Balaban J connectivity index is 1.42. The number of carbonyl (C=O) groups excluding carboxylic acids is 4. The number of thioether (sulfide) groups is 1. The van der Waals surface area contributed by atoms with E-state index in [0.29, 0.717) is 34.7 Å². The van der Waals surface area contributed by atoms with Gasteiger partial charge in [0.25, 0.3) is 11.8 Å². The van der Waals surface area contributed by atoms with Crippen LogP contribution >= 0.6 is 11.8 Å². The van der Waals surface area contributed by atoms with Crippen molar-refractivity contribution < 1.29 is 28.3 Å². The highest BCUT2D eigenvalue weighted by Gasteiger charge is 2.20. The molecule has 3 N–H and O–H groups in total. The maximum absolute atomic E-state index is 13.3. The van der Waals surface area contributed by atoms with Gasteiger partial charge in [-0.2, -0.15) is 0 Å². The topological polar surface area (TPSA) is 127 Å². The summed E-state index contributed by atoms with van der Waals surface area (Å²) >= 11 is 1.36. The predicted molar refractivity (Wildman–Crippen MR) is 167 cm³/mol. The smallest absolute Gasteiger partial charge is 0.338 e. The molecule has 0 aliphatic carbocycles. The third-order valence-electron chi connectivity index (χ3n) is 6.06. The zero-order chi connectivity index (χ0) is 30.6. The number of amides is 3. The number of anilines is 2. The normalized spacial score (nSPS) is 11.7.